The number of aromatic nitrogens is 4. The Kier molecular flexibility index (Phi) is 2.04. The van der Waals surface area contributed by atoms with Gasteiger partial charge in [-0.05, 0) is 19.1 Å². The monoisotopic (exact) mass is 174 g/mol. The van der Waals surface area contributed by atoms with Gasteiger partial charge in [0.2, 0.25) is 0 Å². The fourth-order valence-electron chi connectivity index (χ4n) is 1.08. The molecule has 0 aliphatic heterocycles. The molecule has 2 heterocycles. The highest BCUT2D eigenvalue weighted by atomic mass is 15.4. The predicted octanol–water partition coefficient (Wildman–Crippen LogP) is 1.36. The van der Waals surface area contributed by atoms with Crippen molar-refractivity contribution in [3.63, 3.8) is 0 Å². The van der Waals surface area contributed by atoms with E-state index in [4.69, 9.17) is 0 Å². The van der Waals surface area contributed by atoms with Crippen LogP contribution in [0.15, 0.2) is 30.6 Å². The van der Waals surface area contributed by atoms with Crippen molar-refractivity contribution in [3.05, 3.63) is 30.6 Å². The van der Waals surface area contributed by atoms with Crippen LogP contribution in [0.5, 0.6) is 0 Å². The molecule has 0 saturated heterocycles. The van der Waals surface area contributed by atoms with Crippen molar-refractivity contribution in [2.75, 3.05) is 0 Å². The van der Waals surface area contributed by atoms with Crippen LogP contribution in [0.4, 0.5) is 0 Å². The molecular formula is C9H10N4. The summed E-state index contributed by atoms with van der Waals surface area (Å²) in [5.74, 6) is 0. The van der Waals surface area contributed by atoms with E-state index in [1.807, 2.05) is 31.3 Å². The SMILES string of the molecule is CCn1cc(-c2ccccn2)nn1. The number of hydrogen-bond donors (Lipinski definition) is 0. The molecule has 13 heavy (non-hydrogen) atoms. The standard InChI is InChI=1S/C9H10N4/c1-2-13-7-9(11-12-13)8-5-3-4-6-10-8/h3-7H,2H2,1H3. The van der Waals surface area contributed by atoms with Crippen LogP contribution in [0.1, 0.15) is 6.92 Å². The highest BCUT2D eigenvalue weighted by Gasteiger charge is 2.02. The van der Waals surface area contributed by atoms with Crippen molar-refractivity contribution < 1.29 is 0 Å². The highest BCUT2D eigenvalue weighted by Crippen LogP contribution is 2.10. The number of pyridine rings is 1. The zero-order chi connectivity index (χ0) is 9.10. The topological polar surface area (TPSA) is 43.6 Å². The van der Waals surface area contributed by atoms with E-state index in [0.717, 1.165) is 17.9 Å². The molecule has 0 spiro atoms. The van der Waals surface area contributed by atoms with Crippen LogP contribution in [0.25, 0.3) is 11.4 Å². The van der Waals surface area contributed by atoms with Crippen LogP contribution in [-0.4, -0.2) is 20.0 Å². The number of hydrogen-bond acceptors (Lipinski definition) is 3. The van der Waals surface area contributed by atoms with Gasteiger partial charge in [0, 0.05) is 12.7 Å². The van der Waals surface area contributed by atoms with Crippen LogP contribution >= 0.6 is 0 Å². The van der Waals surface area contributed by atoms with Crippen molar-refractivity contribution in [2.45, 2.75) is 13.5 Å². The fourth-order valence-corrected chi connectivity index (χ4v) is 1.08. The number of rotatable bonds is 2. The summed E-state index contributed by atoms with van der Waals surface area (Å²) in [6, 6.07) is 5.74. The van der Waals surface area contributed by atoms with E-state index in [1.54, 1.807) is 10.9 Å². The van der Waals surface area contributed by atoms with Gasteiger partial charge in [-0.3, -0.25) is 9.67 Å². The van der Waals surface area contributed by atoms with Gasteiger partial charge in [0.15, 0.2) is 0 Å². The van der Waals surface area contributed by atoms with Crippen molar-refractivity contribution in [3.8, 4) is 11.4 Å². The minimum atomic E-state index is 0.822. The lowest BCUT2D eigenvalue weighted by atomic mass is 10.3. The minimum Gasteiger partial charge on any atom is -0.254 e. The third-order valence-corrected chi connectivity index (χ3v) is 1.79. The lowest BCUT2D eigenvalue weighted by Gasteiger charge is -1.91. The van der Waals surface area contributed by atoms with Crippen LogP contribution in [0.2, 0.25) is 0 Å². The zero-order valence-corrected chi connectivity index (χ0v) is 7.38. The molecule has 0 saturated carbocycles. The average Bonchev–Trinajstić information content (AvgIpc) is 2.67. The molecule has 0 aliphatic rings. The summed E-state index contributed by atoms with van der Waals surface area (Å²) in [5, 5.41) is 7.95. The molecule has 66 valence electrons. The highest BCUT2D eigenvalue weighted by molar-refractivity contribution is 5.51. The Morgan fingerprint density at radius 1 is 1.31 bits per heavy atom. The second-order valence-electron chi connectivity index (χ2n) is 2.67. The largest absolute Gasteiger partial charge is 0.254 e. The molecule has 0 N–H and O–H groups in total. The first-order chi connectivity index (χ1) is 6.40. The van der Waals surface area contributed by atoms with Crippen molar-refractivity contribution in [2.24, 2.45) is 0 Å². The Bertz CT molecular complexity index is 380. The van der Waals surface area contributed by atoms with Crippen LogP contribution in [0, 0.1) is 0 Å². The Morgan fingerprint density at radius 3 is 2.85 bits per heavy atom. The van der Waals surface area contributed by atoms with Gasteiger partial charge >= 0.3 is 0 Å². The Balaban J connectivity index is 2.36. The van der Waals surface area contributed by atoms with Crippen LogP contribution in [0.3, 0.4) is 0 Å². The normalized spacial score (nSPS) is 10.2. The maximum atomic E-state index is 4.18. The summed E-state index contributed by atoms with van der Waals surface area (Å²) in [6.45, 7) is 2.86. The maximum absolute atomic E-state index is 4.18. The van der Waals surface area contributed by atoms with E-state index >= 15 is 0 Å². The van der Waals surface area contributed by atoms with Crippen molar-refractivity contribution in [1.82, 2.24) is 20.0 Å². The summed E-state index contributed by atoms with van der Waals surface area (Å²) in [4.78, 5) is 4.18. The molecule has 0 unspecified atom stereocenters. The quantitative estimate of drug-likeness (QED) is 0.690. The summed E-state index contributed by atoms with van der Waals surface area (Å²) in [6.07, 6.45) is 3.64. The molecule has 4 nitrogen and oxygen atoms in total. The average molecular weight is 174 g/mol. The van der Waals surface area contributed by atoms with E-state index < -0.39 is 0 Å². The number of aryl methyl sites for hydroxylation is 1. The molecule has 2 aromatic rings. The van der Waals surface area contributed by atoms with Crippen molar-refractivity contribution >= 4 is 0 Å². The minimum absolute atomic E-state index is 0.822. The van der Waals surface area contributed by atoms with E-state index in [2.05, 4.69) is 15.3 Å². The predicted molar refractivity (Wildman–Crippen MR) is 48.9 cm³/mol. The molecule has 2 aromatic heterocycles. The summed E-state index contributed by atoms with van der Waals surface area (Å²) < 4.78 is 1.78. The Labute approximate surface area is 76.2 Å². The maximum Gasteiger partial charge on any atom is 0.131 e. The first-order valence-corrected chi connectivity index (χ1v) is 4.21. The van der Waals surface area contributed by atoms with E-state index in [-0.39, 0.29) is 0 Å². The van der Waals surface area contributed by atoms with Crippen LogP contribution < -0.4 is 0 Å². The summed E-state index contributed by atoms with van der Waals surface area (Å²) >= 11 is 0. The molecule has 0 radical (unpaired) electrons. The third kappa shape index (κ3) is 1.56. The third-order valence-electron chi connectivity index (χ3n) is 1.79. The Morgan fingerprint density at radius 2 is 2.23 bits per heavy atom. The van der Waals surface area contributed by atoms with Gasteiger partial charge in [0.1, 0.15) is 5.69 Å². The molecule has 0 atom stereocenters. The first-order valence-electron chi connectivity index (χ1n) is 4.21. The first kappa shape index (κ1) is 7.91. The van der Waals surface area contributed by atoms with E-state index in [9.17, 15) is 0 Å². The smallest absolute Gasteiger partial charge is 0.131 e. The molecular weight excluding hydrogens is 164 g/mol. The van der Waals surface area contributed by atoms with Gasteiger partial charge in [0.05, 0.1) is 11.9 Å². The van der Waals surface area contributed by atoms with Crippen LogP contribution in [-0.2, 0) is 6.54 Å². The lowest BCUT2D eigenvalue weighted by Crippen LogP contribution is -1.93. The van der Waals surface area contributed by atoms with Gasteiger partial charge < -0.3 is 0 Å². The molecule has 0 bridgehead atoms. The Hall–Kier alpha value is -1.71. The molecule has 4 heteroatoms. The van der Waals surface area contributed by atoms with Gasteiger partial charge in [0.25, 0.3) is 0 Å². The van der Waals surface area contributed by atoms with Gasteiger partial charge in [-0.2, -0.15) is 0 Å². The van der Waals surface area contributed by atoms with E-state index in [1.165, 1.54) is 0 Å². The second kappa shape index (κ2) is 3.35. The summed E-state index contributed by atoms with van der Waals surface area (Å²) in [7, 11) is 0. The molecule has 2 rings (SSSR count). The van der Waals surface area contributed by atoms with E-state index in [0.29, 0.717) is 0 Å². The van der Waals surface area contributed by atoms with Gasteiger partial charge in [-0.25, -0.2) is 0 Å². The van der Waals surface area contributed by atoms with Crippen molar-refractivity contribution in [1.29, 1.82) is 0 Å². The second-order valence-corrected chi connectivity index (χ2v) is 2.67. The molecule has 0 fully saturated rings. The fraction of sp³-hybridized carbons (Fsp3) is 0.222. The zero-order valence-electron chi connectivity index (χ0n) is 7.38. The van der Waals surface area contributed by atoms with Gasteiger partial charge in [-0.1, -0.05) is 11.3 Å². The summed E-state index contributed by atoms with van der Waals surface area (Å²) in [5.41, 5.74) is 1.68. The molecule has 0 amide bonds. The molecule has 0 aliphatic carbocycles. The van der Waals surface area contributed by atoms with Gasteiger partial charge in [-0.15, -0.1) is 5.10 Å². The molecule has 0 aromatic carbocycles. The lowest BCUT2D eigenvalue weighted by molar-refractivity contribution is 0.627. The number of nitrogens with zero attached hydrogens (tertiary/aromatic N) is 4.